The molecule has 150 valence electrons. The maximum atomic E-state index is 12.8. The molecule has 1 fully saturated rings. The van der Waals surface area contributed by atoms with E-state index in [2.05, 4.69) is 40.0 Å². The smallest absolute Gasteiger partial charge is 0.316 e. The predicted molar refractivity (Wildman–Crippen MR) is 121 cm³/mol. The van der Waals surface area contributed by atoms with E-state index in [0.717, 1.165) is 24.1 Å². The molecule has 0 saturated heterocycles. The number of hydrogen-bond donors (Lipinski definition) is 1. The topological polar surface area (TPSA) is 47.6 Å². The van der Waals surface area contributed by atoms with Crippen LogP contribution in [0.4, 0.5) is 5.69 Å². The quantitative estimate of drug-likeness (QED) is 0.262. The van der Waals surface area contributed by atoms with Gasteiger partial charge < -0.3 is 14.8 Å². The molecule has 28 heavy (non-hydrogen) atoms. The number of ether oxygens (including phenoxy) is 2. The number of methoxy groups -OCH3 is 1. The highest BCUT2D eigenvalue weighted by molar-refractivity contribution is 14.1. The second-order valence-corrected chi connectivity index (χ2v) is 10.6. The largest absolute Gasteiger partial charge is 0.448 e. The lowest BCUT2D eigenvalue weighted by Gasteiger charge is -2.28. The predicted octanol–water partition coefficient (Wildman–Crippen LogP) is 6.13. The first-order valence-corrected chi connectivity index (χ1v) is 10.7. The Hall–Kier alpha value is -1.31. The first kappa shape index (κ1) is 21.4. The lowest BCUT2D eigenvalue weighted by atomic mass is 9.92. The number of esters is 1. The number of rotatable bonds is 8. The third-order valence-corrected chi connectivity index (χ3v) is 5.44. The van der Waals surface area contributed by atoms with Gasteiger partial charge in [0, 0.05) is 13.7 Å². The molecule has 6 heteroatoms. The van der Waals surface area contributed by atoms with Gasteiger partial charge in [-0.3, -0.25) is 4.79 Å². The molecule has 0 aromatic heterocycles. The van der Waals surface area contributed by atoms with Crippen LogP contribution in [0.3, 0.4) is 0 Å². The second-order valence-electron chi connectivity index (χ2n) is 7.60. The number of nitrogens with one attached hydrogen (secondary N) is 1. The first-order chi connectivity index (χ1) is 13.2. The molecule has 2 aromatic rings. The molecule has 1 N–H and O–H groups in total. The third kappa shape index (κ3) is 4.99. The summed E-state index contributed by atoms with van der Waals surface area (Å²) in [6.45, 7) is 4.41. The van der Waals surface area contributed by atoms with Gasteiger partial charge in [-0.1, -0.05) is 48.0 Å². The van der Waals surface area contributed by atoms with Gasteiger partial charge in [-0.2, -0.15) is 0 Å². The lowest BCUT2D eigenvalue weighted by molar-refractivity contribution is -0.161. The van der Waals surface area contributed by atoms with Crippen LogP contribution in [0.1, 0.15) is 43.9 Å². The van der Waals surface area contributed by atoms with E-state index in [1.807, 2.05) is 50.2 Å². The molecule has 1 aliphatic rings. The van der Waals surface area contributed by atoms with Gasteiger partial charge in [0.05, 0.1) is 22.2 Å². The van der Waals surface area contributed by atoms with Crippen molar-refractivity contribution in [3.63, 3.8) is 0 Å². The van der Waals surface area contributed by atoms with Crippen LogP contribution in [-0.2, 0) is 20.8 Å². The summed E-state index contributed by atoms with van der Waals surface area (Å²) in [7, 11) is 1.64. The average molecular weight is 514 g/mol. The molecule has 0 radical (unpaired) electrons. The second kappa shape index (κ2) is 8.59. The summed E-state index contributed by atoms with van der Waals surface area (Å²) in [6.07, 6.45) is 1.15. The fourth-order valence-corrected chi connectivity index (χ4v) is 3.73. The number of alkyl halides is 1. The zero-order chi connectivity index (χ0) is 20.4. The summed E-state index contributed by atoms with van der Waals surface area (Å²) in [4.78, 5) is 12.8. The van der Waals surface area contributed by atoms with Crippen molar-refractivity contribution in [3.8, 4) is 0 Å². The molecule has 2 aromatic carbocycles. The maximum absolute atomic E-state index is 12.8. The lowest BCUT2D eigenvalue weighted by Crippen LogP contribution is -2.32. The van der Waals surface area contributed by atoms with Gasteiger partial charge in [0.1, 0.15) is 0 Å². The van der Waals surface area contributed by atoms with Crippen LogP contribution in [0.5, 0.6) is 0 Å². The number of benzene rings is 2. The molecule has 1 aliphatic carbocycles. The van der Waals surface area contributed by atoms with Gasteiger partial charge in [-0.05, 0) is 72.5 Å². The average Bonchev–Trinajstić information content (AvgIpc) is 3.44. The summed E-state index contributed by atoms with van der Waals surface area (Å²) in [6, 6.07) is 15.9. The van der Waals surface area contributed by atoms with Crippen LogP contribution >= 0.6 is 34.2 Å². The zero-order valence-electron chi connectivity index (χ0n) is 16.3. The van der Waals surface area contributed by atoms with Crippen molar-refractivity contribution in [1.82, 2.24) is 0 Å². The molecular weight excluding hydrogens is 489 g/mol. The van der Waals surface area contributed by atoms with Crippen molar-refractivity contribution in [2.45, 2.75) is 42.9 Å². The molecule has 0 amide bonds. The van der Waals surface area contributed by atoms with Crippen molar-refractivity contribution >= 4 is 45.8 Å². The van der Waals surface area contributed by atoms with E-state index in [-0.39, 0.29) is 12.1 Å². The number of halogens is 2. The van der Waals surface area contributed by atoms with Crippen molar-refractivity contribution in [1.29, 1.82) is 0 Å². The van der Waals surface area contributed by atoms with E-state index in [1.54, 1.807) is 7.11 Å². The monoisotopic (exact) mass is 513 g/mol. The van der Waals surface area contributed by atoms with E-state index in [0.29, 0.717) is 11.6 Å². The SMILES string of the molecule is COC(c1ccc(Cl)c(NCc2ccccc2)c1)C1(C(=O)OC(C)(C)I)CC1. The minimum Gasteiger partial charge on any atom is -0.448 e. The van der Waals surface area contributed by atoms with E-state index < -0.39 is 9.02 Å². The molecule has 1 unspecified atom stereocenters. The number of anilines is 1. The Kier molecular flexibility index (Phi) is 6.57. The number of carbonyl (C=O) groups excluding carboxylic acids is 1. The Labute approximate surface area is 185 Å². The van der Waals surface area contributed by atoms with Crippen LogP contribution in [0, 0.1) is 5.41 Å². The molecule has 4 nitrogen and oxygen atoms in total. The van der Waals surface area contributed by atoms with Crippen molar-refractivity contribution in [2.24, 2.45) is 5.41 Å². The van der Waals surface area contributed by atoms with Gasteiger partial charge in [-0.15, -0.1) is 0 Å². The van der Waals surface area contributed by atoms with E-state index >= 15 is 0 Å². The molecule has 0 bridgehead atoms. The molecule has 1 atom stereocenters. The summed E-state index contributed by atoms with van der Waals surface area (Å²) in [5.41, 5.74) is 2.28. The summed E-state index contributed by atoms with van der Waals surface area (Å²) in [5.74, 6) is -0.201. The number of carbonyl (C=O) groups is 1. The molecule has 0 heterocycles. The van der Waals surface area contributed by atoms with Gasteiger partial charge in [0.25, 0.3) is 0 Å². The van der Waals surface area contributed by atoms with Crippen molar-refractivity contribution < 1.29 is 14.3 Å². The minimum absolute atomic E-state index is 0.201. The van der Waals surface area contributed by atoms with Crippen LogP contribution in [0.15, 0.2) is 48.5 Å². The highest BCUT2D eigenvalue weighted by atomic mass is 127. The molecule has 0 aliphatic heterocycles. The number of hydrogen-bond acceptors (Lipinski definition) is 4. The van der Waals surface area contributed by atoms with Gasteiger partial charge >= 0.3 is 5.97 Å². The molecule has 0 spiro atoms. The summed E-state index contributed by atoms with van der Waals surface area (Å²) in [5, 5.41) is 4.02. The van der Waals surface area contributed by atoms with E-state index in [4.69, 9.17) is 21.1 Å². The minimum atomic E-state index is -0.623. The molecular formula is C22H25ClINO3. The van der Waals surface area contributed by atoms with Crippen LogP contribution in [0.25, 0.3) is 0 Å². The Morgan fingerprint density at radius 3 is 2.50 bits per heavy atom. The standard InChI is InChI=1S/C22H25ClINO3/c1-21(2,24)28-20(26)22(11-12-22)19(27-3)16-9-10-17(23)18(13-16)25-14-15-7-5-4-6-8-15/h4-10,13,19,25H,11-12,14H2,1-3H3. The summed E-state index contributed by atoms with van der Waals surface area (Å²) >= 11 is 8.52. The van der Waals surface area contributed by atoms with Gasteiger partial charge in [0.2, 0.25) is 0 Å². The molecule has 1 saturated carbocycles. The fraction of sp³-hybridized carbons (Fsp3) is 0.409. The van der Waals surface area contributed by atoms with Crippen molar-refractivity contribution in [2.75, 3.05) is 12.4 Å². The summed E-state index contributed by atoms with van der Waals surface area (Å²) < 4.78 is 10.9. The maximum Gasteiger partial charge on any atom is 0.316 e. The van der Waals surface area contributed by atoms with E-state index in [1.165, 1.54) is 5.56 Å². The highest BCUT2D eigenvalue weighted by Gasteiger charge is 2.59. The van der Waals surface area contributed by atoms with Gasteiger partial charge in [0.15, 0.2) is 3.61 Å². The Bertz CT molecular complexity index is 831. The van der Waals surface area contributed by atoms with Crippen molar-refractivity contribution in [3.05, 3.63) is 64.7 Å². The highest BCUT2D eigenvalue weighted by Crippen LogP contribution is 2.58. The Morgan fingerprint density at radius 2 is 1.93 bits per heavy atom. The zero-order valence-corrected chi connectivity index (χ0v) is 19.2. The van der Waals surface area contributed by atoms with Crippen LogP contribution in [0.2, 0.25) is 5.02 Å². The van der Waals surface area contributed by atoms with Crippen LogP contribution < -0.4 is 5.32 Å². The van der Waals surface area contributed by atoms with E-state index in [9.17, 15) is 4.79 Å². The Balaban J connectivity index is 1.80. The first-order valence-electron chi connectivity index (χ1n) is 9.27. The van der Waals surface area contributed by atoms with Crippen LogP contribution in [-0.4, -0.2) is 16.7 Å². The van der Waals surface area contributed by atoms with Gasteiger partial charge in [-0.25, -0.2) is 0 Å². The third-order valence-electron chi connectivity index (χ3n) is 4.89. The normalized spacial score (nSPS) is 16.3. The molecule has 3 rings (SSSR count). The Morgan fingerprint density at radius 1 is 1.25 bits per heavy atom. The fourth-order valence-electron chi connectivity index (χ4n) is 3.35.